The molecule has 0 aromatic heterocycles. The minimum Gasteiger partial charge on any atom is -0.478 e. The number of aliphatic hydroxyl groups is 1. The lowest BCUT2D eigenvalue weighted by atomic mass is 9.53. The highest BCUT2D eigenvalue weighted by molar-refractivity contribution is 7.99. The molecule has 52 heavy (non-hydrogen) atoms. The lowest BCUT2D eigenvalue weighted by Crippen LogP contribution is -2.61. The monoisotopic (exact) mass is 718 g/mol. The Morgan fingerprint density at radius 3 is 2.13 bits per heavy atom. The molecule has 3 atom stereocenters. The Morgan fingerprint density at radius 2 is 1.44 bits per heavy atom. The second kappa shape index (κ2) is 15.1. The number of hydrogen-bond donors (Lipinski definition) is 4. The summed E-state index contributed by atoms with van der Waals surface area (Å²) in [7, 11) is 0. The lowest BCUT2D eigenvalue weighted by molar-refractivity contribution is -0.245. The third kappa shape index (κ3) is 7.78. The van der Waals surface area contributed by atoms with E-state index in [4.69, 9.17) is 9.47 Å². The van der Waals surface area contributed by atoms with E-state index in [2.05, 4.69) is 34.9 Å². The number of rotatable bonds is 11. The number of amides is 2. The Bertz CT molecular complexity index is 1860. The van der Waals surface area contributed by atoms with Gasteiger partial charge in [0.1, 0.15) is 0 Å². The molecule has 4 bridgehead atoms. The van der Waals surface area contributed by atoms with E-state index in [1.807, 2.05) is 60.7 Å². The minimum atomic E-state index is -0.949. The predicted molar refractivity (Wildman–Crippen MR) is 201 cm³/mol. The van der Waals surface area contributed by atoms with Crippen LogP contribution in [0.15, 0.2) is 102 Å². The molecule has 5 aliphatic rings. The molecule has 9 rings (SSSR count). The van der Waals surface area contributed by atoms with Crippen LogP contribution in [-0.4, -0.2) is 39.6 Å². The van der Waals surface area contributed by atoms with Crippen molar-refractivity contribution in [3.63, 3.8) is 0 Å². The number of benzene rings is 4. The quantitative estimate of drug-likeness (QED) is 0.115. The van der Waals surface area contributed by atoms with Gasteiger partial charge in [-0.05, 0) is 102 Å². The molecule has 9 heteroatoms. The summed E-state index contributed by atoms with van der Waals surface area (Å²) in [5.41, 5.74) is 6.15. The number of hydrogen-bond acceptors (Lipinski definition) is 6. The van der Waals surface area contributed by atoms with Gasteiger partial charge in [0.15, 0.2) is 6.29 Å². The van der Waals surface area contributed by atoms with Crippen molar-refractivity contribution in [3.8, 4) is 11.1 Å². The van der Waals surface area contributed by atoms with Crippen LogP contribution in [0.1, 0.15) is 90.0 Å². The van der Waals surface area contributed by atoms with Crippen molar-refractivity contribution in [1.82, 2.24) is 10.6 Å². The highest BCUT2D eigenvalue weighted by Crippen LogP contribution is 2.55. The zero-order chi connectivity index (χ0) is 35.7. The van der Waals surface area contributed by atoms with Crippen LogP contribution in [-0.2, 0) is 22.6 Å². The van der Waals surface area contributed by atoms with Gasteiger partial charge in [0.2, 0.25) is 0 Å². The molecule has 1 saturated heterocycles. The summed E-state index contributed by atoms with van der Waals surface area (Å²) < 4.78 is 13.1. The summed E-state index contributed by atoms with van der Waals surface area (Å²) in [6, 6.07) is 31.3. The SMILES string of the molecule is O=C(NCc1cccc(-c2ccc([C@H]3O[C@@H](CSc4ccccc4C(=O)O)C[C@@H](c4ccc(CO)cc4)O3)cc2)c1)NC12CC3CC(CC(C3)C1)C2. The smallest absolute Gasteiger partial charge is 0.336 e. The van der Waals surface area contributed by atoms with Crippen LogP contribution in [0, 0.1) is 17.8 Å². The van der Waals surface area contributed by atoms with Crippen molar-refractivity contribution in [3.05, 3.63) is 125 Å². The summed E-state index contributed by atoms with van der Waals surface area (Å²) >= 11 is 1.48. The number of carbonyl (C=O) groups is 2. The van der Waals surface area contributed by atoms with Crippen molar-refractivity contribution in [2.45, 2.75) is 87.0 Å². The van der Waals surface area contributed by atoms with Crippen LogP contribution in [0.2, 0.25) is 0 Å². The van der Waals surface area contributed by atoms with Gasteiger partial charge in [-0.3, -0.25) is 0 Å². The molecule has 1 aliphatic heterocycles. The van der Waals surface area contributed by atoms with E-state index in [-0.39, 0.29) is 35.9 Å². The minimum absolute atomic E-state index is 0.0105. The molecule has 4 aromatic rings. The van der Waals surface area contributed by atoms with Gasteiger partial charge in [0.05, 0.1) is 24.4 Å². The van der Waals surface area contributed by atoms with Crippen molar-refractivity contribution in [2.24, 2.45) is 17.8 Å². The Kier molecular flexibility index (Phi) is 10.1. The van der Waals surface area contributed by atoms with E-state index in [0.29, 0.717) is 23.6 Å². The van der Waals surface area contributed by atoms with E-state index < -0.39 is 12.3 Å². The van der Waals surface area contributed by atoms with Crippen molar-refractivity contribution in [2.75, 3.05) is 5.75 Å². The summed E-state index contributed by atoms with van der Waals surface area (Å²) in [4.78, 5) is 25.6. The molecular weight excluding hydrogens is 673 g/mol. The van der Waals surface area contributed by atoms with E-state index in [1.54, 1.807) is 12.1 Å². The number of ether oxygens (including phenoxy) is 2. The first-order chi connectivity index (χ1) is 25.3. The van der Waals surface area contributed by atoms with Crippen LogP contribution in [0.5, 0.6) is 0 Å². The maximum absolute atomic E-state index is 13.1. The van der Waals surface area contributed by atoms with Crippen molar-refractivity contribution < 1.29 is 29.3 Å². The van der Waals surface area contributed by atoms with Crippen LogP contribution < -0.4 is 10.6 Å². The summed E-state index contributed by atoms with van der Waals surface area (Å²) in [6.45, 7) is 0.438. The fourth-order valence-corrected chi connectivity index (χ4v) is 10.5. The maximum Gasteiger partial charge on any atom is 0.336 e. The number of urea groups is 1. The zero-order valence-corrected chi connectivity index (χ0v) is 30.0. The number of aliphatic hydroxyl groups excluding tert-OH is 1. The number of carbonyl (C=O) groups excluding carboxylic acids is 1. The average Bonchev–Trinajstić information content (AvgIpc) is 3.16. The maximum atomic E-state index is 13.1. The van der Waals surface area contributed by atoms with Gasteiger partial charge in [0.25, 0.3) is 0 Å². The summed E-state index contributed by atoms with van der Waals surface area (Å²) in [5, 5.41) is 25.8. The predicted octanol–water partition coefficient (Wildman–Crippen LogP) is 8.65. The second-order valence-corrected chi connectivity index (χ2v) is 16.4. The Morgan fingerprint density at radius 1 is 0.750 bits per heavy atom. The summed E-state index contributed by atoms with van der Waals surface area (Å²) in [5.74, 6) is 1.97. The van der Waals surface area contributed by atoms with E-state index in [9.17, 15) is 19.8 Å². The number of nitrogens with one attached hydrogen (secondary N) is 2. The molecule has 5 fully saturated rings. The van der Waals surface area contributed by atoms with Crippen LogP contribution in [0.4, 0.5) is 4.79 Å². The number of aromatic carboxylic acids is 1. The topological polar surface area (TPSA) is 117 Å². The highest BCUT2D eigenvalue weighted by atomic mass is 32.2. The second-order valence-electron chi connectivity index (χ2n) is 15.3. The van der Waals surface area contributed by atoms with Crippen LogP contribution in [0.3, 0.4) is 0 Å². The molecular formula is C43H46N2O6S. The molecule has 4 aliphatic carbocycles. The molecule has 4 aromatic carbocycles. The third-order valence-corrected chi connectivity index (χ3v) is 12.7. The fourth-order valence-electron chi connectivity index (χ4n) is 9.40. The molecule has 8 nitrogen and oxygen atoms in total. The van der Waals surface area contributed by atoms with E-state index >= 15 is 0 Å². The van der Waals surface area contributed by atoms with Gasteiger partial charge in [-0.15, -0.1) is 11.8 Å². The first-order valence-corrected chi connectivity index (χ1v) is 19.5. The molecule has 270 valence electrons. The first kappa shape index (κ1) is 34.9. The molecule has 2 amide bonds. The Labute approximate surface area is 309 Å². The van der Waals surface area contributed by atoms with Gasteiger partial charge < -0.3 is 30.3 Å². The van der Waals surface area contributed by atoms with Gasteiger partial charge in [-0.25, -0.2) is 9.59 Å². The normalized spacial score (nSPS) is 27.6. The van der Waals surface area contributed by atoms with Gasteiger partial charge >= 0.3 is 12.0 Å². The van der Waals surface area contributed by atoms with Gasteiger partial charge in [-0.1, -0.05) is 78.9 Å². The first-order valence-electron chi connectivity index (χ1n) is 18.5. The number of thioether (sulfide) groups is 1. The average molecular weight is 719 g/mol. The van der Waals surface area contributed by atoms with Gasteiger partial charge in [-0.2, -0.15) is 0 Å². The van der Waals surface area contributed by atoms with E-state index in [0.717, 1.165) is 70.4 Å². The Balaban J connectivity index is 0.931. The molecule has 1 heterocycles. The molecule has 0 spiro atoms. The Hall–Kier alpha value is -4.15. The molecule has 4 N–H and O–H groups in total. The number of carboxylic acids is 1. The fraction of sp³-hybridized carbons (Fsp3) is 0.395. The third-order valence-electron chi connectivity index (χ3n) is 11.5. The van der Waals surface area contributed by atoms with Crippen LogP contribution in [0.25, 0.3) is 11.1 Å². The highest BCUT2D eigenvalue weighted by Gasteiger charge is 2.51. The van der Waals surface area contributed by atoms with Crippen LogP contribution >= 0.6 is 11.8 Å². The van der Waals surface area contributed by atoms with Crippen molar-refractivity contribution >= 4 is 23.8 Å². The number of carboxylic acid groups (broad SMARTS) is 1. The molecule has 4 saturated carbocycles. The summed E-state index contributed by atoms with van der Waals surface area (Å²) in [6.07, 6.45) is 7.00. The zero-order valence-electron chi connectivity index (χ0n) is 29.2. The van der Waals surface area contributed by atoms with Gasteiger partial charge in [0, 0.05) is 34.7 Å². The lowest BCUT2D eigenvalue weighted by Gasteiger charge is -2.56. The van der Waals surface area contributed by atoms with Crippen molar-refractivity contribution in [1.29, 1.82) is 0 Å². The largest absolute Gasteiger partial charge is 0.478 e. The standard InChI is InChI=1S/C43H46N2O6S/c46-25-27-8-10-33(11-9-27)38-20-36(26-52-39-7-2-1-6-37(39)40(47)48)50-41(51-38)34-14-12-32(13-15-34)35-5-3-4-28(19-35)24-44-42(49)45-43-21-29-16-30(22-43)18-31(17-29)23-43/h1-15,19,29-31,36,38,41,46H,16-18,20-26H2,(H,47,48)(H2,44,45,49)/t29?,30?,31?,36-,38+,41+,43?/m1/s1. The molecule has 0 unspecified atom stereocenters. The van der Waals surface area contributed by atoms with E-state index in [1.165, 1.54) is 31.0 Å². The molecule has 0 radical (unpaired) electrons.